The lowest BCUT2D eigenvalue weighted by atomic mass is 10.0. The average molecular weight is 348 g/mol. The lowest BCUT2D eigenvalue weighted by Crippen LogP contribution is -2.38. The number of carbonyl (C=O) groups excluding carboxylic acids is 1. The third-order valence-electron chi connectivity index (χ3n) is 5.41. The van der Waals surface area contributed by atoms with Gasteiger partial charge in [-0.2, -0.15) is 0 Å². The van der Waals surface area contributed by atoms with Crippen molar-refractivity contribution in [2.24, 2.45) is 0 Å². The fourth-order valence-corrected chi connectivity index (χ4v) is 3.90. The van der Waals surface area contributed by atoms with Crippen LogP contribution in [0.4, 0.5) is 0 Å². The van der Waals surface area contributed by atoms with Crippen LogP contribution in [-0.4, -0.2) is 38.4 Å². The smallest absolute Gasteiger partial charge is 0.219 e. The van der Waals surface area contributed by atoms with Gasteiger partial charge in [-0.05, 0) is 43.0 Å². The van der Waals surface area contributed by atoms with E-state index in [1.165, 1.54) is 11.1 Å². The van der Waals surface area contributed by atoms with Gasteiger partial charge in [0.25, 0.3) is 0 Å². The summed E-state index contributed by atoms with van der Waals surface area (Å²) in [5, 5.41) is 0. The first-order valence-electron chi connectivity index (χ1n) is 9.25. The van der Waals surface area contributed by atoms with Gasteiger partial charge in [0.15, 0.2) is 5.65 Å². The number of pyridine rings is 1. The van der Waals surface area contributed by atoms with E-state index in [1.54, 1.807) is 6.92 Å². The van der Waals surface area contributed by atoms with Crippen LogP contribution in [0.3, 0.4) is 0 Å². The molecular weight excluding hydrogens is 324 g/mol. The first-order valence-corrected chi connectivity index (χ1v) is 9.25. The maximum Gasteiger partial charge on any atom is 0.219 e. The molecule has 5 nitrogen and oxygen atoms in total. The minimum absolute atomic E-state index is 0.164. The number of fused-ring (bicyclic) bond motifs is 1. The third kappa shape index (κ3) is 3.09. The molecule has 26 heavy (non-hydrogen) atoms. The second-order valence-electron chi connectivity index (χ2n) is 7.08. The van der Waals surface area contributed by atoms with Crippen molar-refractivity contribution in [1.82, 2.24) is 19.4 Å². The highest BCUT2D eigenvalue weighted by molar-refractivity contribution is 5.73. The van der Waals surface area contributed by atoms with Crippen molar-refractivity contribution < 1.29 is 4.79 Å². The van der Waals surface area contributed by atoms with Crippen LogP contribution in [0.15, 0.2) is 42.6 Å². The zero-order chi connectivity index (χ0) is 18.1. The van der Waals surface area contributed by atoms with Crippen LogP contribution in [0.1, 0.15) is 42.8 Å². The first kappa shape index (κ1) is 16.8. The van der Waals surface area contributed by atoms with Gasteiger partial charge in [0, 0.05) is 38.7 Å². The SMILES string of the molecule is CC(=O)N1CCC(n2c(Cc3ccccc3C)nc3cccnc32)CC1. The van der Waals surface area contributed by atoms with E-state index in [1.807, 2.05) is 23.2 Å². The number of rotatable bonds is 3. The Hall–Kier alpha value is -2.69. The van der Waals surface area contributed by atoms with Crippen LogP contribution in [-0.2, 0) is 11.2 Å². The van der Waals surface area contributed by atoms with E-state index in [0.29, 0.717) is 6.04 Å². The maximum atomic E-state index is 11.6. The Kier molecular flexibility index (Phi) is 4.45. The van der Waals surface area contributed by atoms with E-state index in [2.05, 4.69) is 40.7 Å². The molecule has 1 saturated heterocycles. The van der Waals surface area contributed by atoms with Gasteiger partial charge < -0.3 is 9.47 Å². The molecule has 1 aliphatic heterocycles. The van der Waals surface area contributed by atoms with E-state index in [4.69, 9.17) is 4.98 Å². The Morgan fingerprint density at radius 3 is 2.65 bits per heavy atom. The fourth-order valence-electron chi connectivity index (χ4n) is 3.90. The number of amides is 1. The zero-order valence-corrected chi connectivity index (χ0v) is 15.4. The molecule has 0 atom stereocenters. The normalized spacial score (nSPS) is 15.5. The number of aromatic nitrogens is 3. The number of carbonyl (C=O) groups is 1. The highest BCUT2D eigenvalue weighted by Gasteiger charge is 2.26. The predicted octanol–water partition coefficient (Wildman–Crippen LogP) is 3.51. The molecule has 4 rings (SSSR count). The molecule has 134 valence electrons. The molecule has 5 heteroatoms. The first-order chi connectivity index (χ1) is 12.6. The van der Waals surface area contributed by atoms with Crippen LogP contribution in [0.2, 0.25) is 0 Å². The molecule has 1 fully saturated rings. The minimum atomic E-state index is 0.164. The van der Waals surface area contributed by atoms with Gasteiger partial charge in [0.2, 0.25) is 5.91 Å². The molecule has 0 unspecified atom stereocenters. The molecule has 3 aromatic rings. The Morgan fingerprint density at radius 1 is 1.15 bits per heavy atom. The summed E-state index contributed by atoms with van der Waals surface area (Å²) in [6.07, 6.45) is 4.53. The number of piperidine rings is 1. The lowest BCUT2D eigenvalue weighted by molar-refractivity contribution is -0.130. The molecule has 1 amide bonds. The quantitative estimate of drug-likeness (QED) is 0.728. The third-order valence-corrected chi connectivity index (χ3v) is 5.41. The number of likely N-dealkylation sites (tertiary alicyclic amines) is 1. The van der Waals surface area contributed by atoms with Crippen molar-refractivity contribution in [1.29, 1.82) is 0 Å². The summed E-state index contributed by atoms with van der Waals surface area (Å²) in [4.78, 5) is 23.1. The van der Waals surface area contributed by atoms with E-state index < -0.39 is 0 Å². The fraction of sp³-hybridized carbons (Fsp3) is 0.381. The van der Waals surface area contributed by atoms with Crippen LogP contribution in [0.5, 0.6) is 0 Å². The van der Waals surface area contributed by atoms with Gasteiger partial charge in [-0.1, -0.05) is 24.3 Å². The Balaban J connectivity index is 1.71. The van der Waals surface area contributed by atoms with Crippen LogP contribution in [0.25, 0.3) is 11.2 Å². The van der Waals surface area contributed by atoms with Crippen molar-refractivity contribution in [3.63, 3.8) is 0 Å². The van der Waals surface area contributed by atoms with Crippen molar-refractivity contribution >= 4 is 17.1 Å². The van der Waals surface area contributed by atoms with Crippen molar-refractivity contribution in [3.05, 3.63) is 59.5 Å². The van der Waals surface area contributed by atoms with E-state index in [9.17, 15) is 4.79 Å². The molecule has 1 aliphatic rings. The van der Waals surface area contributed by atoms with Gasteiger partial charge in [-0.3, -0.25) is 4.79 Å². The number of hydrogen-bond acceptors (Lipinski definition) is 3. The lowest BCUT2D eigenvalue weighted by Gasteiger charge is -2.32. The second kappa shape index (κ2) is 6.90. The minimum Gasteiger partial charge on any atom is -0.343 e. The predicted molar refractivity (Wildman–Crippen MR) is 102 cm³/mol. The van der Waals surface area contributed by atoms with Gasteiger partial charge in [0.05, 0.1) is 0 Å². The average Bonchev–Trinajstić information content (AvgIpc) is 3.01. The summed E-state index contributed by atoms with van der Waals surface area (Å²) in [6, 6.07) is 12.8. The number of nitrogens with zero attached hydrogens (tertiary/aromatic N) is 4. The van der Waals surface area contributed by atoms with Gasteiger partial charge in [-0.25, -0.2) is 9.97 Å². The molecular formula is C21H24N4O. The summed E-state index contributed by atoms with van der Waals surface area (Å²) in [6.45, 7) is 5.40. The molecule has 0 N–H and O–H groups in total. The van der Waals surface area contributed by atoms with E-state index in [0.717, 1.165) is 49.3 Å². The van der Waals surface area contributed by atoms with Gasteiger partial charge >= 0.3 is 0 Å². The molecule has 0 saturated carbocycles. The Bertz CT molecular complexity index is 938. The topological polar surface area (TPSA) is 51.0 Å². The van der Waals surface area contributed by atoms with Crippen LogP contribution in [0, 0.1) is 6.92 Å². The summed E-state index contributed by atoms with van der Waals surface area (Å²) in [5.41, 5.74) is 4.48. The number of hydrogen-bond donors (Lipinski definition) is 0. The van der Waals surface area contributed by atoms with E-state index >= 15 is 0 Å². The Morgan fingerprint density at radius 2 is 1.92 bits per heavy atom. The number of imidazole rings is 1. The molecule has 0 bridgehead atoms. The monoisotopic (exact) mass is 348 g/mol. The maximum absolute atomic E-state index is 11.6. The van der Waals surface area contributed by atoms with Crippen LogP contribution >= 0.6 is 0 Å². The summed E-state index contributed by atoms with van der Waals surface area (Å²) in [7, 11) is 0. The van der Waals surface area contributed by atoms with Crippen molar-refractivity contribution in [2.75, 3.05) is 13.1 Å². The molecule has 0 aliphatic carbocycles. The zero-order valence-electron chi connectivity index (χ0n) is 15.4. The molecule has 0 radical (unpaired) electrons. The highest BCUT2D eigenvalue weighted by atomic mass is 16.2. The van der Waals surface area contributed by atoms with Crippen molar-refractivity contribution in [3.8, 4) is 0 Å². The molecule has 0 spiro atoms. The molecule has 3 heterocycles. The largest absolute Gasteiger partial charge is 0.343 e. The second-order valence-corrected chi connectivity index (χ2v) is 7.08. The number of aryl methyl sites for hydroxylation is 1. The van der Waals surface area contributed by atoms with E-state index in [-0.39, 0.29) is 5.91 Å². The number of benzene rings is 1. The van der Waals surface area contributed by atoms with Gasteiger partial charge in [-0.15, -0.1) is 0 Å². The summed E-state index contributed by atoms with van der Waals surface area (Å²) < 4.78 is 2.32. The Labute approximate surface area is 153 Å². The van der Waals surface area contributed by atoms with Crippen LogP contribution < -0.4 is 0 Å². The highest BCUT2D eigenvalue weighted by Crippen LogP contribution is 2.29. The van der Waals surface area contributed by atoms with Crippen molar-refractivity contribution in [2.45, 2.75) is 39.2 Å². The standard InChI is InChI=1S/C21H24N4O/c1-15-6-3-4-7-17(15)14-20-23-19-8-5-11-22-21(19)25(20)18-9-12-24(13-10-18)16(2)26/h3-8,11,18H,9-10,12-14H2,1-2H3. The summed E-state index contributed by atoms with van der Waals surface area (Å²) in [5.74, 6) is 1.23. The molecule has 1 aromatic carbocycles. The molecule has 2 aromatic heterocycles. The summed E-state index contributed by atoms with van der Waals surface area (Å²) >= 11 is 0. The van der Waals surface area contributed by atoms with Gasteiger partial charge in [0.1, 0.15) is 11.3 Å².